The van der Waals surface area contributed by atoms with E-state index in [1.165, 1.54) is 0 Å². The first-order valence-electron chi connectivity index (χ1n) is 16.2. The Labute approximate surface area is 283 Å². The van der Waals surface area contributed by atoms with Crippen molar-refractivity contribution in [2.45, 2.75) is 0 Å². The Morgan fingerprint density at radius 3 is 1.39 bits per heavy atom. The van der Waals surface area contributed by atoms with Gasteiger partial charge in [0.2, 0.25) is 0 Å². The van der Waals surface area contributed by atoms with Crippen molar-refractivity contribution in [2.75, 3.05) is 0 Å². The van der Waals surface area contributed by atoms with Gasteiger partial charge in [-0.15, -0.1) is 0 Å². The van der Waals surface area contributed by atoms with E-state index in [9.17, 15) is 0 Å². The van der Waals surface area contributed by atoms with Crippen LogP contribution in [0.1, 0.15) is 0 Å². The minimum absolute atomic E-state index is 0.583. The van der Waals surface area contributed by atoms with Crippen LogP contribution in [-0.4, -0.2) is 29.5 Å². The number of hydrogen-bond acceptors (Lipinski definition) is 5. The van der Waals surface area contributed by atoms with E-state index in [4.69, 9.17) is 24.9 Å². The minimum atomic E-state index is 0.583. The molecule has 0 bridgehead atoms. The number of nitrogens with zero attached hydrogens (tertiary/aromatic N) is 6. The van der Waals surface area contributed by atoms with Crippen LogP contribution in [0.4, 0.5) is 0 Å². The second-order valence-electron chi connectivity index (χ2n) is 11.8. The molecule has 0 aliphatic heterocycles. The van der Waals surface area contributed by atoms with Gasteiger partial charge in [0.05, 0.1) is 16.7 Å². The van der Waals surface area contributed by atoms with Crippen molar-refractivity contribution in [3.63, 3.8) is 0 Å². The highest BCUT2D eigenvalue weighted by Crippen LogP contribution is 2.38. The molecule has 0 fully saturated rings. The summed E-state index contributed by atoms with van der Waals surface area (Å²) >= 11 is 0. The number of benzene rings is 6. The van der Waals surface area contributed by atoms with Crippen LogP contribution in [0.25, 0.3) is 84.4 Å². The van der Waals surface area contributed by atoms with E-state index in [0.29, 0.717) is 23.3 Å². The van der Waals surface area contributed by atoms with E-state index in [-0.39, 0.29) is 0 Å². The number of rotatable bonds is 6. The van der Waals surface area contributed by atoms with Gasteiger partial charge < -0.3 is 4.57 Å². The number of hydrogen-bond donors (Lipinski definition) is 0. The van der Waals surface area contributed by atoms with Gasteiger partial charge in [0, 0.05) is 38.9 Å². The molecule has 0 saturated heterocycles. The lowest BCUT2D eigenvalue weighted by Crippen LogP contribution is -2.01. The Hall–Kier alpha value is -6.79. The highest BCUT2D eigenvalue weighted by molar-refractivity contribution is 6.11. The van der Waals surface area contributed by atoms with Gasteiger partial charge in [0.25, 0.3) is 0 Å². The molecule has 0 aliphatic carbocycles. The molecule has 230 valence electrons. The molecule has 3 heterocycles. The molecular formula is C43H28N6. The third-order valence-electron chi connectivity index (χ3n) is 8.65. The summed E-state index contributed by atoms with van der Waals surface area (Å²) in [6.45, 7) is 0. The van der Waals surface area contributed by atoms with E-state index in [1.54, 1.807) is 0 Å². The van der Waals surface area contributed by atoms with Crippen LogP contribution in [0.3, 0.4) is 0 Å². The van der Waals surface area contributed by atoms with Crippen molar-refractivity contribution in [3.05, 3.63) is 170 Å². The summed E-state index contributed by atoms with van der Waals surface area (Å²) < 4.78 is 2.27. The summed E-state index contributed by atoms with van der Waals surface area (Å²) in [7, 11) is 0. The topological polar surface area (TPSA) is 69.4 Å². The standard InChI is InChI=1S/C43H28N6/c1-5-16-29(17-6-1)37-39-38(35-26-13-14-27-36(35)49(39)34-24-11-4-12-25-34)45-42(44-37)32-22-15-23-33(28-32)43-47-40(30-18-7-2-8-19-30)46-41(48-43)31-20-9-3-10-21-31/h1-28H. The molecule has 6 nitrogen and oxygen atoms in total. The van der Waals surface area contributed by atoms with Gasteiger partial charge in [-0.3, -0.25) is 0 Å². The normalized spacial score (nSPS) is 11.3. The molecule has 0 spiro atoms. The third-order valence-corrected chi connectivity index (χ3v) is 8.65. The summed E-state index contributed by atoms with van der Waals surface area (Å²) in [5.74, 6) is 2.45. The lowest BCUT2D eigenvalue weighted by atomic mass is 10.1. The Kier molecular flexibility index (Phi) is 7.02. The summed E-state index contributed by atoms with van der Waals surface area (Å²) in [5.41, 5.74) is 9.46. The van der Waals surface area contributed by atoms with Crippen LogP contribution in [0, 0.1) is 0 Å². The van der Waals surface area contributed by atoms with Crippen molar-refractivity contribution in [1.82, 2.24) is 29.5 Å². The van der Waals surface area contributed by atoms with Gasteiger partial charge >= 0.3 is 0 Å². The molecule has 0 unspecified atom stereocenters. The molecule has 0 atom stereocenters. The number of para-hydroxylation sites is 2. The molecule has 6 aromatic carbocycles. The SMILES string of the molecule is c1ccc(-c2nc(-c3ccccc3)nc(-c3cccc(-c4nc(-c5ccccc5)c5c(n4)c4ccccc4n5-c4ccccc4)c3)n2)cc1. The first-order valence-corrected chi connectivity index (χ1v) is 16.2. The summed E-state index contributed by atoms with van der Waals surface area (Å²) in [6, 6.07) is 57.4. The fraction of sp³-hybridized carbons (Fsp3) is 0. The van der Waals surface area contributed by atoms with Gasteiger partial charge in [-0.05, 0) is 24.3 Å². The molecule has 0 saturated carbocycles. The van der Waals surface area contributed by atoms with Crippen molar-refractivity contribution in [1.29, 1.82) is 0 Å². The maximum Gasteiger partial charge on any atom is 0.164 e. The predicted octanol–water partition coefficient (Wildman–Crippen LogP) is 10.1. The van der Waals surface area contributed by atoms with E-state index >= 15 is 0 Å². The quantitative estimate of drug-likeness (QED) is 0.183. The maximum atomic E-state index is 5.30. The van der Waals surface area contributed by atoms with Gasteiger partial charge in [0.1, 0.15) is 5.52 Å². The molecule has 3 aromatic heterocycles. The molecule has 6 heteroatoms. The van der Waals surface area contributed by atoms with Crippen LogP contribution in [0.5, 0.6) is 0 Å². The van der Waals surface area contributed by atoms with Crippen molar-refractivity contribution >= 4 is 21.9 Å². The predicted molar refractivity (Wildman–Crippen MR) is 197 cm³/mol. The number of aromatic nitrogens is 6. The molecule has 0 radical (unpaired) electrons. The minimum Gasteiger partial charge on any atom is -0.306 e. The molecule has 49 heavy (non-hydrogen) atoms. The lowest BCUT2D eigenvalue weighted by Gasteiger charge is -2.12. The summed E-state index contributed by atoms with van der Waals surface area (Å²) in [4.78, 5) is 25.4. The molecule has 0 N–H and O–H groups in total. The highest BCUT2D eigenvalue weighted by atomic mass is 15.0. The van der Waals surface area contributed by atoms with Crippen molar-refractivity contribution in [3.8, 4) is 62.5 Å². The van der Waals surface area contributed by atoms with Gasteiger partial charge in [-0.25, -0.2) is 24.9 Å². The van der Waals surface area contributed by atoms with Crippen LogP contribution >= 0.6 is 0 Å². The zero-order valence-corrected chi connectivity index (χ0v) is 26.3. The molecule has 0 aliphatic rings. The van der Waals surface area contributed by atoms with Crippen molar-refractivity contribution in [2.24, 2.45) is 0 Å². The fourth-order valence-electron chi connectivity index (χ4n) is 6.35. The van der Waals surface area contributed by atoms with Crippen LogP contribution in [0.15, 0.2) is 170 Å². The molecular weight excluding hydrogens is 601 g/mol. The zero-order valence-electron chi connectivity index (χ0n) is 26.3. The van der Waals surface area contributed by atoms with Gasteiger partial charge in [-0.1, -0.05) is 146 Å². The second kappa shape index (κ2) is 12.1. The monoisotopic (exact) mass is 628 g/mol. The Morgan fingerprint density at radius 2 is 0.796 bits per heavy atom. The molecule has 9 rings (SSSR count). The Bertz CT molecular complexity index is 2520. The first kappa shape index (κ1) is 28.4. The smallest absolute Gasteiger partial charge is 0.164 e. The average molecular weight is 629 g/mol. The Balaban J connectivity index is 1.26. The fourth-order valence-corrected chi connectivity index (χ4v) is 6.35. The first-order chi connectivity index (χ1) is 24.3. The largest absolute Gasteiger partial charge is 0.306 e. The van der Waals surface area contributed by atoms with E-state index < -0.39 is 0 Å². The van der Waals surface area contributed by atoms with Gasteiger partial charge in [0.15, 0.2) is 23.3 Å². The van der Waals surface area contributed by atoms with E-state index in [1.807, 2.05) is 91.0 Å². The third kappa shape index (κ3) is 5.22. The Morgan fingerprint density at radius 1 is 0.347 bits per heavy atom. The van der Waals surface area contributed by atoms with Crippen molar-refractivity contribution < 1.29 is 0 Å². The van der Waals surface area contributed by atoms with E-state index in [2.05, 4.69) is 83.4 Å². The van der Waals surface area contributed by atoms with Crippen LogP contribution < -0.4 is 0 Å². The van der Waals surface area contributed by atoms with Gasteiger partial charge in [-0.2, -0.15) is 0 Å². The second-order valence-corrected chi connectivity index (χ2v) is 11.8. The molecule has 9 aromatic rings. The zero-order chi connectivity index (χ0) is 32.6. The highest BCUT2D eigenvalue weighted by Gasteiger charge is 2.21. The average Bonchev–Trinajstić information content (AvgIpc) is 3.53. The summed E-state index contributed by atoms with van der Waals surface area (Å²) in [5, 5.41) is 1.07. The van der Waals surface area contributed by atoms with Crippen LogP contribution in [-0.2, 0) is 0 Å². The lowest BCUT2D eigenvalue weighted by molar-refractivity contribution is 1.07. The maximum absolute atomic E-state index is 5.30. The van der Waals surface area contributed by atoms with Crippen LogP contribution in [0.2, 0.25) is 0 Å². The number of fused-ring (bicyclic) bond motifs is 3. The molecule has 0 amide bonds. The summed E-state index contributed by atoms with van der Waals surface area (Å²) in [6.07, 6.45) is 0. The van der Waals surface area contributed by atoms with E-state index in [0.717, 1.165) is 61.1 Å².